The Morgan fingerprint density at radius 2 is 2.45 bits per heavy atom. The van der Waals surface area contributed by atoms with E-state index in [9.17, 15) is 4.79 Å². The van der Waals surface area contributed by atoms with E-state index in [4.69, 9.17) is 0 Å². The average Bonchev–Trinajstić information content (AvgIpc) is 3.14. The number of hydrogen-bond donors (Lipinski definition) is 1. The van der Waals surface area contributed by atoms with Crippen LogP contribution in [0, 0.1) is 0 Å². The van der Waals surface area contributed by atoms with Gasteiger partial charge in [-0.2, -0.15) is 0 Å². The van der Waals surface area contributed by atoms with Gasteiger partial charge in [0.1, 0.15) is 0 Å². The van der Waals surface area contributed by atoms with Crippen molar-refractivity contribution in [3.8, 4) is 0 Å². The van der Waals surface area contributed by atoms with E-state index in [2.05, 4.69) is 16.4 Å². The van der Waals surface area contributed by atoms with E-state index in [1.807, 2.05) is 36.2 Å². The van der Waals surface area contributed by atoms with Gasteiger partial charge in [0.2, 0.25) is 0 Å². The Morgan fingerprint density at radius 3 is 3.10 bits per heavy atom. The Balaban J connectivity index is 1.71. The lowest BCUT2D eigenvalue weighted by molar-refractivity contribution is 0.195. The van der Waals surface area contributed by atoms with Crippen molar-refractivity contribution in [2.45, 2.75) is 25.9 Å². The highest BCUT2D eigenvalue weighted by molar-refractivity contribution is 7.10. The van der Waals surface area contributed by atoms with Crippen molar-refractivity contribution >= 4 is 17.4 Å². The summed E-state index contributed by atoms with van der Waals surface area (Å²) in [7, 11) is 1.83. The van der Waals surface area contributed by atoms with Gasteiger partial charge in [0.25, 0.3) is 0 Å². The minimum atomic E-state index is -0.0310. The highest BCUT2D eigenvalue weighted by Gasteiger charge is 2.17. The molecule has 2 aromatic heterocycles. The fourth-order valence-electron chi connectivity index (χ4n) is 1.90. The van der Waals surface area contributed by atoms with Gasteiger partial charge in [0, 0.05) is 37.4 Å². The number of nitrogens with zero attached hydrogens (tertiary/aromatic N) is 3. The molecule has 2 aromatic rings. The minimum Gasteiger partial charge on any atom is -0.338 e. The summed E-state index contributed by atoms with van der Waals surface area (Å²) in [6, 6.07) is 4.13. The molecule has 6 heteroatoms. The van der Waals surface area contributed by atoms with Gasteiger partial charge >= 0.3 is 6.03 Å². The van der Waals surface area contributed by atoms with Crippen LogP contribution in [0.3, 0.4) is 0 Å². The molecule has 0 aliphatic heterocycles. The number of urea groups is 1. The van der Waals surface area contributed by atoms with E-state index in [1.165, 1.54) is 4.88 Å². The molecule has 0 aliphatic rings. The number of rotatable bonds is 6. The van der Waals surface area contributed by atoms with Crippen LogP contribution in [0.15, 0.2) is 36.2 Å². The van der Waals surface area contributed by atoms with Crippen molar-refractivity contribution < 1.29 is 4.79 Å². The highest BCUT2D eigenvalue weighted by atomic mass is 32.1. The fraction of sp³-hybridized carbons (Fsp3) is 0.429. The van der Waals surface area contributed by atoms with Crippen LogP contribution in [0.5, 0.6) is 0 Å². The third-order valence-electron chi connectivity index (χ3n) is 3.28. The number of aryl methyl sites for hydroxylation is 1. The number of thiophene rings is 1. The summed E-state index contributed by atoms with van der Waals surface area (Å²) in [5.41, 5.74) is 0. The lowest BCUT2D eigenvalue weighted by Gasteiger charge is -2.24. The molecule has 0 saturated heterocycles. The van der Waals surface area contributed by atoms with Gasteiger partial charge in [-0.3, -0.25) is 0 Å². The number of amides is 2. The zero-order valence-corrected chi connectivity index (χ0v) is 12.6. The SMILES string of the molecule is C[C@@H](c1cccs1)N(C)C(=O)NCCCn1ccnc1. The zero-order chi connectivity index (χ0) is 14.4. The number of carbonyl (C=O) groups excluding carboxylic acids is 1. The molecular weight excluding hydrogens is 272 g/mol. The fourth-order valence-corrected chi connectivity index (χ4v) is 2.72. The van der Waals surface area contributed by atoms with Crippen LogP contribution < -0.4 is 5.32 Å². The molecule has 0 bridgehead atoms. The van der Waals surface area contributed by atoms with Crippen molar-refractivity contribution in [1.82, 2.24) is 19.8 Å². The predicted octanol–water partition coefficient (Wildman–Crippen LogP) is 2.74. The Hall–Kier alpha value is -1.82. The third-order valence-corrected chi connectivity index (χ3v) is 4.33. The van der Waals surface area contributed by atoms with Crippen molar-refractivity contribution in [3.05, 3.63) is 41.1 Å². The van der Waals surface area contributed by atoms with E-state index in [-0.39, 0.29) is 12.1 Å². The van der Waals surface area contributed by atoms with Crippen molar-refractivity contribution in [3.63, 3.8) is 0 Å². The first-order chi connectivity index (χ1) is 9.68. The van der Waals surface area contributed by atoms with Crippen molar-refractivity contribution in [2.24, 2.45) is 0 Å². The zero-order valence-electron chi connectivity index (χ0n) is 11.8. The summed E-state index contributed by atoms with van der Waals surface area (Å²) in [4.78, 5) is 19.0. The Morgan fingerprint density at radius 1 is 1.60 bits per heavy atom. The van der Waals surface area contributed by atoms with Gasteiger partial charge in [-0.05, 0) is 24.8 Å². The second-order valence-electron chi connectivity index (χ2n) is 4.69. The van der Waals surface area contributed by atoms with Gasteiger partial charge < -0.3 is 14.8 Å². The molecule has 1 atom stereocenters. The first-order valence-electron chi connectivity index (χ1n) is 6.68. The van der Waals surface area contributed by atoms with Crippen LogP contribution in [0.1, 0.15) is 24.3 Å². The highest BCUT2D eigenvalue weighted by Crippen LogP contribution is 2.23. The molecule has 1 N–H and O–H groups in total. The summed E-state index contributed by atoms with van der Waals surface area (Å²) < 4.78 is 2.00. The number of hydrogen-bond acceptors (Lipinski definition) is 3. The molecule has 20 heavy (non-hydrogen) atoms. The number of carbonyl (C=O) groups is 1. The summed E-state index contributed by atoms with van der Waals surface area (Å²) in [5.74, 6) is 0. The first-order valence-corrected chi connectivity index (χ1v) is 7.56. The molecule has 108 valence electrons. The standard InChI is InChI=1S/C14H20N4OS/c1-12(13-5-3-10-20-13)17(2)14(19)16-6-4-8-18-9-7-15-11-18/h3,5,7,9-12H,4,6,8H2,1-2H3,(H,16,19)/t12-/m0/s1. The average molecular weight is 292 g/mol. The maximum atomic E-state index is 12.0. The monoisotopic (exact) mass is 292 g/mol. The van der Waals surface area contributed by atoms with Crippen LogP contribution in [0.25, 0.3) is 0 Å². The van der Waals surface area contributed by atoms with Gasteiger partial charge in [-0.25, -0.2) is 9.78 Å². The predicted molar refractivity (Wildman–Crippen MR) is 80.7 cm³/mol. The molecule has 0 radical (unpaired) electrons. The van der Waals surface area contributed by atoms with Gasteiger partial charge in [0.15, 0.2) is 0 Å². The molecule has 0 fully saturated rings. The summed E-state index contributed by atoms with van der Waals surface area (Å²) in [6.45, 7) is 3.57. The van der Waals surface area contributed by atoms with Gasteiger partial charge in [-0.1, -0.05) is 6.07 Å². The molecule has 0 spiro atoms. The van der Waals surface area contributed by atoms with E-state index in [0.717, 1.165) is 13.0 Å². The van der Waals surface area contributed by atoms with E-state index in [0.29, 0.717) is 6.54 Å². The van der Waals surface area contributed by atoms with Crippen LogP contribution in [-0.4, -0.2) is 34.1 Å². The Labute approximate surface area is 123 Å². The number of aromatic nitrogens is 2. The van der Waals surface area contributed by atoms with Gasteiger partial charge in [0.05, 0.1) is 12.4 Å². The van der Waals surface area contributed by atoms with Crippen molar-refractivity contribution in [1.29, 1.82) is 0 Å². The molecule has 0 aliphatic carbocycles. The van der Waals surface area contributed by atoms with Crippen LogP contribution in [0.4, 0.5) is 4.79 Å². The van der Waals surface area contributed by atoms with E-state index in [1.54, 1.807) is 28.8 Å². The summed E-state index contributed by atoms with van der Waals surface area (Å²) in [6.07, 6.45) is 6.36. The normalized spacial score (nSPS) is 12.1. The van der Waals surface area contributed by atoms with Crippen LogP contribution in [0.2, 0.25) is 0 Å². The number of imidazole rings is 1. The summed E-state index contributed by atoms with van der Waals surface area (Å²) in [5, 5.41) is 4.98. The second kappa shape index (κ2) is 7.09. The maximum Gasteiger partial charge on any atom is 0.317 e. The second-order valence-corrected chi connectivity index (χ2v) is 5.67. The molecule has 2 amide bonds. The van der Waals surface area contributed by atoms with Gasteiger partial charge in [-0.15, -0.1) is 11.3 Å². The first kappa shape index (κ1) is 14.6. The molecule has 0 aromatic carbocycles. The lowest BCUT2D eigenvalue weighted by atomic mass is 10.2. The quantitative estimate of drug-likeness (QED) is 0.832. The van der Waals surface area contributed by atoms with Crippen molar-refractivity contribution in [2.75, 3.05) is 13.6 Å². The molecule has 2 heterocycles. The smallest absolute Gasteiger partial charge is 0.317 e. The number of nitrogens with one attached hydrogen (secondary N) is 1. The minimum absolute atomic E-state index is 0.0310. The van der Waals surface area contributed by atoms with E-state index >= 15 is 0 Å². The maximum absolute atomic E-state index is 12.0. The van der Waals surface area contributed by atoms with Crippen LogP contribution >= 0.6 is 11.3 Å². The topological polar surface area (TPSA) is 50.2 Å². The molecule has 5 nitrogen and oxygen atoms in total. The lowest BCUT2D eigenvalue weighted by Crippen LogP contribution is -2.39. The largest absolute Gasteiger partial charge is 0.338 e. The van der Waals surface area contributed by atoms with E-state index < -0.39 is 0 Å². The molecule has 2 rings (SSSR count). The molecule has 0 unspecified atom stereocenters. The third kappa shape index (κ3) is 3.84. The Kier molecular flexibility index (Phi) is 5.17. The summed E-state index contributed by atoms with van der Waals surface area (Å²) >= 11 is 1.67. The molecular formula is C14H20N4OS. The molecule has 0 saturated carbocycles. The van der Waals surface area contributed by atoms with Crippen LogP contribution in [-0.2, 0) is 6.54 Å². The Bertz CT molecular complexity index is 509.